The number of aliphatic carboxylic acids is 1. The first-order valence-electron chi connectivity index (χ1n) is 7.98. The Hall–Kier alpha value is -2.30. The molecule has 1 fully saturated rings. The van der Waals surface area contributed by atoms with Gasteiger partial charge in [0.1, 0.15) is 0 Å². The molecule has 0 saturated heterocycles. The Labute approximate surface area is 135 Å². The second-order valence-electron chi connectivity index (χ2n) is 6.87. The van der Waals surface area contributed by atoms with Gasteiger partial charge in [-0.3, -0.25) is 9.59 Å². The second kappa shape index (κ2) is 5.72. The van der Waals surface area contributed by atoms with Gasteiger partial charge in [-0.15, -0.1) is 0 Å². The summed E-state index contributed by atoms with van der Waals surface area (Å²) in [5.74, 6) is -1.99. The lowest BCUT2D eigenvalue weighted by Crippen LogP contribution is -2.28. The Bertz CT molecular complexity index is 748. The summed E-state index contributed by atoms with van der Waals surface area (Å²) in [4.78, 5) is 26.5. The third-order valence-corrected chi connectivity index (χ3v) is 4.97. The molecule has 1 amide bonds. The second-order valence-corrected chi connectivity index (χ2v) is 6.87. The number of amides is 1. The van der Waals surface area contributed by atoms with Gasteiger partial charge in [-0.1, -0.05) is 32.0 Å². The van der Waals surface area contributed by atoms with E-state index in [2.05, 4.69) is 16.4 Å². The Balaban J connectivity index is 1.49. The van der Waals surface area contributed by atoms with Crippen molar-refractivity contribution in [1.82, 2.24) is 10.3 Å². The Morgan fingerprint density at radius 1 is 1.26 bits per heavy atom. The Morgan fingerprint density at radius 2 is 2.00 bits per heavy atom. The molecule has 0 aliphatic heterocycles. The minimum atomic E-state index is -0.881. The average molecular weight is 314 g/mol. The summed E-state index contributed by atoms with van der Waals surface area (Å²) in [6.45, 7) is 4.24. The summed E-state index contributed by atoms with van der Waals surface area (Å²) in [5.41, 5.74) is 1.92. The lowest BCUT2D eigenvalue weighted by molar-refractivity contribution is -0.140. The van der Waals surface area contributed by atoms with Gasteiger partial charge in [0, 0.05) is 23.6 Å². The van der Waals surface area contributed by atoms with Crippen LogP contribution in [0.5, 0.6) is 0 Å². The fraction of sp³-hybridized carbons (Fsp3) is 0.444. The van der Waals surface area contributed by atoms with Crippen LogP contribution < -0.4 is 5.32 Å². The van der Waals surface area contributed by atoms with Crippen molar-refractivity contribution in [3.63, 3.8) is 0 Å². The van der Waals surface area contributed by atoms with Gasteiger partial charge in [0.15, 0.2) is 0 Å². The number of carbonyl (C=O) groups excluding carboxylic acids is 1. The number of rotatable bonds is 6. The number of aryl methyl sites for hydroxylation is 1. The van der Waals surface area contributed by atoms with Crippen molar-refractivity contribution in [2.45, 2.75) is 26.7 Å². The first kappa shape index (κ1) is 15.6. The molecule has 2 atom stereocenters. The number of para-hydroxylation sites is 1. The van der Waals surface area contributed by atoms with Gasteiger partial charge in [0.05, 0.1) is 11.8 Å². The van der Waals surface area contributed by atoms with Crippen LogP contribution in [-0.4, -0.2) is 28.5 Å². The van der Waals surface area contributed by atoms with Crippen LogP contribution in [0.1, 0.15) is 25.8 Å². The van der Waals surface area contributed by atoms with Crippen LogP contribution in [-0.2, 0) is 16.0 Å². The molecule has 0 bridgehead atoms. The third kappa shape index (κ3) is 2.83. The molecule has 1 heterocycles. The van der Waals surface area contributed by atoms with Crippen LogP contribution in [0.15, 0.2) is 30.5 Å². The number of nitrogens with one attached hydrogen (secondary N) is 2. The number of carboxylic acids is 1. The quantitative estimate of drug-likeness (QED) is 0.717. The van der Waals surface area contributed by atoms with Gasteiger partial charge < -0.3 is 15.4 Å². The molecule has 3 rings (SSSR count). The van der Waals surface area contributed by atoms with Crippen LogP contribution in [0.3, 0.4) is 0 Å². The average Bonchev–Trinajstić information content (AvgIpc) is 2.89. The van der Waals surface area contributed by atoms with E-state index in [0.29, 0.717) is 6.54 Å². The van der Waals surface area contributed by atoms with E-state index in [1.54, 1.807) is 0 Å². The molecule has 0 radical (unpaired) electrons. The molecular formula is C18H22N2O3. The fourth-order valence-electron chi connectivity index (χ4n) is 3.53. The van der Waals surface area contributed by atoms with Crippen LogP contribution in [0.4, 0.5) is 0 Å². The molecular weight excluding hydrogens is 292 g/mol. The minimum Gasteiger partial charge on any atom is -0.481 e. The number of hydrogen-bond donors (Lipinski definition) is 3. The number of aromatic nitrogens is 1. The highest BCUT2D eigenvalue weighted by atomic mass is 16.4. The standard InChI is InChI=1S/C18H22N2O3/c1-18(2)14(15(18)17(22)23)16(21)19-9-5-6-11-10-20-13-8-4-3-7-12(11)13/h3-4,7-8,10,14-15,20H,5-6,9H2,1-2H3,(H,19,21)(H,22,23)/t14-,15+/m1/s1. The molecule has 0 spiro atoms. The first-order valence-corrected chi connectivity index (χ1v) is 7.98. The number of carbonyl (C=O) groups is 2. The Morgan fingerprint density at radius 3 is 2.70 bits per heavy atom. The predicted molar refractivity (Wildman–Crippen MR) is 88.0 cm³/mol. The maximum atomic E-state index is 12.1. The van der Waals surface area contributed by atoms with Gasteiger partial charge >= 0.3 is 5.97 Å². The summed E-state index contributed by atoms with van der Waals surface area (Å²) in [7, 11) is 0. The maximum Gasteiger partial charge on any atom is 0.307 e. The number of fused-ring (bicyclic) bond motifs is 1. The summed E-state index contributed by atoms with van der Waals surface area (Å²) in [6, 6.07) is 8.15. The van der Waals surface area contributed by atoms with Gasteiger partial charge in [-0.2, -0.15) is 0 Å². The molecule has 1 aliphatic rings. The molecule has 1 aromatic heterocycles. The Kier molecular flexibility index (Phi) is 3.88. The van der Waals surface area contributed by atoms with E-state index in [0.717, 1.165) is 18.4 Å². The monoisotopic (exact) mass is 314 g/mol. The number of hydrogen-bond acceptors (Lipinski definition) is 2. The number of benzene rings is 1. The molecule has 5 nitrogen and oxygen atoms in total. The van der Waals surface area contributed by atoms with Crippen LogP contribution in [0.25, 0.3) is 10.9 Å². The van der Waals surface area contributed by atoms with Crippen molar-refractivity contribution >= 4 is 22.8 Å². The molecule has 23 heavy (non-hydrogen) atoms. The van der Waals surface area contributed by atoms with Crippen molar-refractivity contribution < 1.29 is 14.7 Å². The normalized spacial score (nSPS) is 22.0. The third-order valence-electron chi connectivity index (χ3n) is 4.97. The van der Waals surface area contributed by atoms with E-state index in [1.807, 2.05) is 38.2 Å². The van der Waals surface area contributed by atoms with Gasteiger partial charge in [0.25, 0.3) is 0 Å². The van der Waals surface area contributed by atoms with E-state index in [9.17, 15) is 9.59 Å². The topological polar surface area (TPSA) is 82.2 Å². The van der Waals surface area contributed by atoms with E-state index in [-0.39, 0.29) is 5.91 Å². The van der Waals surface area contributed by atoms with Crippen LogP contribution in [0, 0.1) is 17.3 Å². The first-order chi connectivity index (χ1) is 10.9. The van der Waals surface area contributed by atoms with Gasteiger partial charge in [-0.05, 0) is 29.9 Å². The molecule has 122 valence electrons. The van der Waals surface area contributed by atoms with E-state index >= 15 is 0 Å². The lowest BCUT2D eigenvalue weighted by atomic mass is 10.1. The summed E-state index contributed by atoms with van der Waals surface area (Å²) < 4.78 is 0. The summed E-state index contributed by atoms with van der Waals surface area (Å²) in [5, 5.41) is 13.2. The zero-order chi connectivity index (χ0) is 16.6. The highest BCUT2D eigenvalue weighted by Crippen LogP contribution is 2.58. The molecule has 1 saturated carbocycles. The van der Waals surface area contributed by atoms with Gasteiger partial charge in [0.2, 0.25) is 5.91 Å². The van der Waals surface area contributed by atoms with Crippen LogP contribution in [0.2, 0.25) is 0 Å². The molecule has 1 aromatic carbocycles. The smallest absolute Gasteiger partial charge is 0.307 e. The largest absolute Gasteiger partial charge is 0.481 e. The number of aromatic amines is 1. The molecule has 0 unspecified atom stereocenters. The maximum absolute atomic E-state index is 12.1. The highest BCUT2D eigenvalue weighted by molar-refractivity contribution is 5.91. The predicted octanol–water partition coefficient (Wildman–Crippen LogP) is 2.57. The van der Waals surface area contributed by atoms with Crippen molar-refractivity contribution in [1.29, 1.82) is 0 Å². The summed E-state index contributed by atoms with van der Waals surface area (Å²) in [6.07, 6.45) is 3.72. The van der Waals surface area contributed by atoms with Crippen molar-refractivity contribution in [2.24, 2.45) is 17.3 Å². The van der Waals surface area contributed by atoms with Crippen LogP contribution >= 0.6 is 0 Å². The van der Waals surface area contributed by atoms with E-state index in [1.165, 1.54) is 10.9 Å². The highest BCUT2D eigenvalue weighted by Gasteiger charge is 2.65. The van der Waals surface area contributed by atoms with E-state index in [4.69, 9.17) is 5.11 Å². The van der Waals surface area contributed by atoms with Crippen molar-refractivity contribution in [3.05, 3.63) is 36.0 Å². The zero-order valence-electron chi connectivity index (χ0n) is 13.4. The molecule has 3 N–H and O–H groups in total. The van der Waals surface area contributed by atoms with E-state index < -0.39 is 23.2 Å². The summed E-state index contributed by atoms with van der Waals surface area (Å²) >= 11 is 0. The van der Waals surface area contributed by atoms with Crippen molar-refractivity contribution in [2.75, 3.05) is 6.54 Å². The number of H-pyrrole nitrogens is 1. The number of carboxylic acid groups (broad SMARTS) is 1. The molecule has 5 heteroatoms. The van der Waals surface area contributed by atoms with Crippen molar-refractivity contribution in [3.8, 4) is 0 Å². The lowest BCUT2D eigenvalue weighted by Gasteiger charge is -2.06. The molecule has 1 aliphatic carbocycles. The SMILES string of the molecule is CC1(C)[C@H](C(=O)O)[C@@H]1C(=O)NCCCc1c[nH]c2ccccc12. The minimum absolute atomic E-state index is 0.138. The van der Waals surface area contributed by atoms with Gasteiger partial charge in [-0.25, -0.2) is 0 Å². The fourth-order valence-corrected chi connectivity index (χ4v) is 3.53. The molecule has 2 aromatic rings. The zero-order valence-corrected chi connectivity index (χ0v) is 13.4.